The van der Waals surface area contributed by atoms with Gasteiger partial charge < -0.3 is 26.4 Å². The van der Waals surface area contributed by atoms with Gasteiger partial charge in [-0.1, -0.05) is 18.2 Å². The molecule has 146 valence electrons. The van der Waals surface area contributed by atoms with E-state index in [9.17, 15) is 14.6 Å². The summed E-state index contributed by atoms with van der Waals surface area (Å²) in [6, 6.07) is 5.97. The third-order valence-corrected chi connectivity index (χ3v) is 4.58. The van der Waals surface area contributed by atoms with E-state index in [0.717, 1.165) is 5.56 Å². The summed E-state index contributed by atoms with van der Waals surface area (Å²) in [7, 11) is 0. The molecule has 2 aromatic heterocycles. The van der Waals surface area contributed by atoms with Crippen LogP contribution >= 0.6 is 0 Å². The quantitative estimate of drug-likeness (QED) is 0.518. The van der Waals surface area contributed by atoms with Gasteiger partial charge in [-0.05, 0) is 23.8 Å². The zero-order valence-corrected chi connectivity index (χ0v) is 14.7. The van der Waals surface area contributed by atoms with Gasteiger partial charge in [0.2, 0.25) is 5.95 Å². The molecule has 0 amide bonds. The molecule has 10 heteroatoms. The summed E-state index contributed by atoms with van der Waals surface area (Å²) in [5, 5.41) is 19.5. The number of aliphatic hydroxyl groups is 2. The summed E-state index contributed by atoms with van der Waals surface area (Å²) in [6.45, 7) is -0.315. The van der Waals surface area contributed by atoms with Crippen LogP contribution < -0.4 is 11.5 Å². The highest BCUT2D eigenvalue weighted by atomic mass is 19.1. The van der Waals surface area contributed by atoms with E-state index in [1.807, 2.05) is 0 Å². The number of hydrogen-bond acceptors (Lipinski definition) is 8. The van der Waals surface area contributed by atoms with Crippen molar-refractivity contribution in [3.05, 3.63) is 41.5 Å². The molecule has 0 bridgehead atoms. The van der Waals surface area contributed by atoms with E-state index in [1.165, 1.54) is 12.1 Å². The summed E-state index contributed by atoms with van der Waals surface area (Å²) in [5.41, 5.74) is 13.1. The van der Waals surface area contributed by atoms with Gasteiger partial charge in [-0.2, -0.15) is 9.97 Å². The van der Waals surface area contributed by atoms with E-state index in [-0.39, 0.29) is 30.6 Å². The minimum absolute atomic E-state index is 0.0162. The molecular weight excluding hydrogens is 367 g/mol. The van der Waals surface area contributed by atoms with Gasteiger partial charge in [0, 0.05) is 6.42 Å². The third kappa shape index (κ3) is 3.28. The molecule has 0 spiro atoms. The summed E-state index contributed by atoms with van der Waals surface area (Å²) >= 11 is 0. The number of nitrogens with zero attached hydrogens (tertiary/aromatic N) is 4. The lowest BCUT2D eigenvalue weighted by atomic mass is 10.2. The SMILES string of the molecule is Nc1nc(N)c2nc(C=Cc3ccc(F)cc3)n([C@H]3C[C@H](O)[C@@H](CO)O3)c2n1. The van der Waals surface area contributed by atoms with Gasteiger partial charge in [0.25, 0.3) is 0 Å². The number of benzene rings is 1. The molecule has 1 aliphatic heterocycles. The lowest BCUT2D eigenvalue weighted by Gasteiger charge is -2.15. The second kappa shape index (κ2) is 7.15. The second-order valence-electron chi connectivity index (χ2n) is 6.48. The number of ether oxygens (including phenoxy) is 1. The van der Waals surface area contributed by atoms with Crippen LogP contribution in [-0.2, 0) is 4.74 Å². The Morgan fingerprint density at radius 2 is 1.93 bits per heavy atom. The van der Waals surface area contributed by atoms with Crippen molar-refractivity contribution in [2.45, 2.75) is 24.9 Å². The van der Waals surface area contributed by atoms with Crippen molar-refractivity contribution in [3.8, 4) is 0 Å². The largest absolute Gasteiger partial charge is 0.394 e. The fourth-order valence-corrected chi connectivity index (χ4v) is 3.21. The van der Waals surface area contributed by atoms with Gasteiger partial charge in [0.15, 0.2) is 17.0 Å². The number of aliphatic hydroxyl groups excluding tert-OH is 2. The van der Waals surface area contributed by atoms with Crippen LogP contribution in [0.3, 0.4) is 0 Å². The Morgan fingerprint density at radius 3 is 2.61 bits per heavy atom. The van der Waals surface area contributed by atoms with Gasteiger partial charge in [-0.15, -0.1) is 0 Å². The number of anilines is 2. The predicted octanol–water partition coefficient (Wildman–Crippen LogP) is 0.941. The molecule has 1 fully saturated rings. The molecule has 4 rings (SSSR count). The maximum absolute atomic E-state index is 13.1. The fraction of sp³-hybridized carbons (Fsp3) is 0.278. The van der Waals surface area contributed by atoms with Gasteiger partial charge in [-0.25, -0.2) is 9.37 Å². The molecule has 9 nitrogen and oxygen atoms in total. The fourth-order valence-electron chi connectivity index (χ4n) is 3.21. The van der Waals surface area contributed by atoms with Crippen LogP contribution in [0.25, 0.3) is 23.3 Å². The van der Waals surface area contributed by atoms with Crippen LogP contribution in [0.4, 0.5) is 16.2 Å². The smallest absolute Gasteiger partial charge is 0.224 e. The number of nitrogens with two attached hydrogens (primary N) is 2. The first-order valence-electron chi connectivity index (χ1n) is 8.65. The molecule has 0 radical (unpaired) electrons. The first kappa shape index (κ1) is 18.3. The van der Waals surface area contributed by atoms with Crippen LogP contribution in [0, 0.1) is 5.82 Å². The standard InChI is InChI=1S/C18H19FN6O3/c19-10-4-1-9(2-5-10)3-6-13-22-15-16(20)23-18(21)24-17(15)25(13)14-7-11(27)12(8-26)28-14/h1-6,11-12,14,26-27H,7-8H2,(H4,20,21,23,24)/t11-,12+,14+/m0/s1. The Balaban J connectivity index is 1.81. The van der Waals surface area contributed by atoms with Gasteiger partial charge in [-0.3, -0.25) is 4.57 Å². The second-order valence-corrected chi connectivity index (χ2v) is 6.48. The minimum Gasteiger partial charge on any atom is -0.394 e. The average Bonchev–Trinajstić information content (AvgIpc) is 3.21. The number of rotatable bonds is 4. The Hall–Kier alpha value is -3.08. The summed E-state index contributed by atoms with van der Waals surface area (Å²) in [6.07, 6.45) is 1.51. The van der Waals surface area contributed by atoms with Crippen molar-refractivity contribution in [3.63, 3.8) is 0 Å². The summed E-state index contributed by atoms with van der Waals surface area (Å²) in [4.78, 5) is 12.6. The highest BCUT2D eigenvalue weighted by molar-refractivity contribution is 5.85. The van der Waals surface area contributed by atoms with Crippen molar-refractivity contribution >= 4 is 35.1 Å². The van der Waals surface area contributed by atoms with E-state index in [2.05, 4.69) is 15.0 Å². The zero-order valence-electron chi connectivity index (χ0n) is 14.7. The van der Waals surface area contributed by atoms with Crippen molar-refractivity contribution in [1.29, 1.82) is 0 Å². The summed E-state index contributed by atoms with van der Waals surface area (Å²) < 4.78 is 20.5. The van der Waals surface area contributed by atoms with Crippen molar-refractivity contribution in [2.24, 2.45) is 0 Å². The molecule has 3 atom stereocenters. The Morgan fingerprint density at radius 1 is 1.18 bits per heavy atom. The highest BCUT2D eigenvalue weighted by Gasteiger charge is 2.36. The van der Waals surface area contributed by atoms with Crippen LogP contribution in [0.5, 0.6) is 0 Å². The van der Waals surface area contributed by atoms with E-state index in [0.29, 0.717) is 17.0 Å². The topological polar surface area (TPSA) is 145 Å². The molecule has 6 N–H and O–H groups in total. The van der Waals surface area contributed by atoms with Crippen molar-refractivity contribution in [1.82, 2.24) is 19.5 Å². The molecular formula is C18H19FN6O3. The van der Waals surface area contributed by atoms with Crippen LogP contribution in [0.15, 0.2) is 24.3 Å². The van der Waals surface area contributed by atoms with E-state index in [1.54, 1.807) is 28.9 Å². The van der Waals surface area contributed by atoms with Gasteiger partial charge >= 0.3 is 0 Å². The lowest BCUT2D eigenvalue weighted by molar-refractivity contribution is -0.0433. The molecule has 1 saturated heterocycles. The Labute approximate surface area is 159 Å². The molecule has 0 saturated carbocycles. The Bertz CT molecular complexity index is 1040. The Kier molecular flexibility index (Phi) is 4.67. The average molecular weight is 386 g/mol. The number of imidazole rings is 1. The number of fused-ring (bicyclic) bond motifs is 1. The van der Waals surface area contributed by atoms with Gasteiger partial charge in [0.05, 0.1) is 12.7 Å². The maximum atomic E-state index is 13.1. The van der Waals surface area contributed by atoms with Crippen LogP contribution in [0.1, 0.15) is 24.0 Å². The number of nitrogen functional groups attached to an aromatic ring is 2. The maximum Gasteiger partial charge on any atom is 0.224 e. The van der Waals surface area contributed by atoms with Crippen LogP contribution in [0.2, 0.25) is 0 Å². The predicted molar refractivity (Wildman–Crippen MR) is 101 cm³/mol. The molecule has 28 heavy (non-hydrogen) atoms. The van der Waals surface area contributed by atoms with Gasteiger partial charge in [0.1, 0.15) is 24.0 Å². The third-order valence-electron chi connectivity index (χ3n) is 4.58. The van der Waals surface area contributed by atoms with Crippen LogP contribution in [-0.4, -0.2) is 48.5 Å². The molecule has 0 aliphatic carbocycles. The minimum atomic E-state index is -0.835. The molecule has 0 unspecified atom stereocenters. The monoisotopic (exact) mass is 386 g/mol. The number of halogens is 1. The summed E-state index contributed by atoms with van der Waals surface area (Å²) in [5.74, 6) is 0.223. The number of hydrogen-bond donors (Lipinski definition) is 4. The first-order chi connectivity index (χ1) is 13.5. The number of aromatic nitrogens is 4. The lowest BCUT2D eigenvalue weighted by Crippen LogP contribution is -2.24. The molecule has 1 aliphatic rings. The first-order valence-corrected chi connectivity index (χ1v) is 8.65. The van der Waals surface area contributed by atoms with Crippen molar-refractivity contribution < 1.29 is 19.3 Å². The highest BCUT2D eigenvalue weighted by Crippen LogP contribution is 2.34. The van der Waals surface area contributed by atoms with E-state index < -0.39 is 18.4 Å². The molecule has 3 heterocycles. The normalized spacial score (nSPS) is 22.5. The van der Waals surface area contributed by atoms with E-state index >= 15 is 0 Å². The molecule has 3 aromatic rings. The zero-order chi connectivity index (χ0) is 19.8. The van der Waals surface area contributed by atoms with E-state index in [4.69, 9.17) is 16.2 Å². The van der Waals surface area contributed by atoms with Crippen molar-refractivity contribution in [2.75, 3.05) is 18.1 Å². The molecule has 1 aromatic carbocycles.